The van der Waals surface area contributed by atoms with Gasteiger partial charge in [-0.1, -0.05) is 25.4 Å². The van der Waals surface area contributed by atoms with Gasteiger partial charge in [0.05, 0.1) is 10.7 Å². The fraction of sp³-hybridized carbons (Fsp3) is 0.440. The van der Waals surface area contributed by atoms with E-state index in [4.69, 9.17) is 22.1 Å². The Bertz CT molecular complexity index is 1390. The number of fused-ring (bicyclic) bond motifs is 1. The number of nitrogens with one attached hydrogen (secondary N) is 1. The number of likely N-dealkylation sites (N-methyl/N-ethyl adjacent to an activating group) is 2. The number of rotatable bonds is 9. The van der Waals surface area contributed by atoms with Gasteiger partial charge in [-0.05, 0) is 37.9 Å². The average Bonchev–Trinajstić information content (AvgIpc) is 3.11. The van der Waals surface area contributed by atoms with Crippen molar-refractivity contribution >= 4 is 46.4 Å². The number of hydrogen-bond acceptors (Lipinski definition) is 10. The van der Waals surface area contributed by atoms with E-state index in [-0.39, 0.29) is 40.0 Å². The van der Waals surface area contributed by atoms with Crippen LogP contribution in [0.5, 0.6) is 5.88 Å². The minimum absolute atomic E-state index is 0.0104. The molecular formula is C25H30ClF4N9O. The molecule has 3 aromatic rings. The van der Waals surface area contributed by atoms with Crippen LogP contribution < -0.4 is 25.6 Å². The molecule has 0 unspecified atom stereocenters. The van der Waals surface area contributed by atoms with Gasteiger partial charge in [-0.3, -0.25) is 0 Å². The van der Waals surface area contributed by atoms with Crippen molar-refractivity contribution in [1.29, 1.82) is 0 Å². The highest BCUT2D eigenvalue weighted by Gasteiger charge is 2.38. The maximum Gasteiger partial charge on any atom is 0.422 e. The van der Waals surface area contributed by atoms with E-state index in [1.165, 1.54) is 24.5 Å². The zero-order valence-electron chi connectivity index (χ0n) is 22.6. The number of nitrogen functional groups attached to an aromatic ring is 1. The summed E-state index contributed by atoms with van der Waals surface area (Å²) in [5.74, 6) is -0.349. The van der Waals surface area contributed by atoms with Gasteiger partial charge in [-0.25, -0.2) is 14.4 Å². The first-order chi connectivity index (χ1) is 18.6. The van der Waals surface area contributed by atoms with E-state index in [2.05, 4.69) is 25.3 Å². The van der Waals surface area contributed by atoms with Gasteiger partial charge in [0, 0.05) is 37.8 Å². The Labute approximate surface area is 234 Å². The lowest BCUT2D eigenvalue weighted by atomic mass is 9.87. The average molecular weight is 584 g/mol. The molecule has 216 valence electrons. The van der Waals surface area contributed by atoms with Gasteiger partial charge in [0.25, 0.3) is 0 Å². The third kappa shape index (κ3) is 6.55. The van der Waals surface area contributed by atoms with Gasteiger partial charge in [-0.15, -0.1) is 0 Å². The van der Waals surface area contributed by atoms with Crippen LogP contribution in [-0.2, 0) is 5.41 Å². The van der Waals surface area contributed by atoms with E-state index in [0.29, 0.717) is 25.3 Å². The minimum Gasteiger partial charge on any atom is -0.466 e. The van der Waals surface area contributed by atoms with Crippen molar-refractivity contribution in [2.75, 3.05) is 68.2 Å². The lowest BCUT2D eigenvalue weighted by Crippen LogP contribution is -2.30. The Morgan fingerprint density at radius 3 is 2.52 bits per heavy atom. The third-order valence-electron chi connectivity index (χ3n) is 6.27. The number of anilines is 6. The van der Waals surface area contributed by atoms with Gasteiger partial charge in [-0.2, -0.15) is 23.1 Å². The SMILES string of the molecule is CN(C)CCN(C)c1nc(OCC(F)(F)F)c(Nc2ncnc(N3CC(C)(C)c4cc(F)c(Cl)cc43)n2)cc1N. The summed E-state index contributed by atoms with van der Waals surface area (Å²) in [6, 6.07) is 4.32. The second-order valence-electron chi connectivity index (χ2n) is 10.4. The second kappa shape index (κ2) is 11.1. The summed E-state index contributed by atoms with van der Waals surface area (Å²) in [4.78, 5) is 22.5. The van der Waals surface area contributed by atoms with Crippen LogP contribution in [0.3, 0.4) is 0 Å². The fourth-order valence-electron chi connectivity index (χ4n) is 4.26. The second-order valence-corrected chi connectivity index (χ2v) is 10.8. The number of halogens is 5. The van der Waals surface area contributed by atoms with Gasteiger partial charge in [0.1, 0.15) is 17.8 Å². The monoisotopic (exact) mass is 583 g/mol. The molecule has 40 heavy (non-hydrogen) atoms. The molecule has 4 rings (SSSR count). The molecule has 10 nitrogen and oxygen atoms in total. The number of hydrogen-bond donors (Lipinski definition) is 2. The Morgan fingerprint density at radius 2 is 1.85 bits per heavy atom. The molecule has 0 spiro atoms. The van der Waals surface area contributed by atoms with E-state index in [0.717, 1.165) is 5.56 Å². The van der Waals surface area contributed by atoms with Crippen molar-refractivity contribution in [3.05, 3.63) is 40.9 Å². The molecule has 0 saturated carbocycles. The van der Waals surface area contributed by atoms with Crippen LogP contribution >= 0.6 is 11.6 Å². The summed E-state index contributed by atoms with van der Waals surface area (Å²) < 4.78 is 58.3. The number of alkyl halides is 3. The molecule has 3 N–H and O–H groups in total. The number of nitrogens with zero attached hydrogens (tertiary/aromatic N) is 7. The molecule has 0 fully saturated rings. The summed E-state index contributed by atoms with van der Waals surface area (Å²) in [5, 5.41) is 2.81. The van der Waals surface area contributed by atoms with Crippen LogP contribution in [0.25, 0.3) is 0 Å². The highest BCUT2D eigenvalue weighted by Crippen LogP contribution is 2.45. The highest BCUT2D eigenvalue weighted by molar-refractivity contribution is 6.31. The predicted octanol–water partition coefficient (Wildman–Crippen LogP) is 4.75. The smallest absolute Gasteiger partial charge is 0.422 e. The van der Waals surface area contributed by atoms with E-state index < -0.39 is 24.0 Å². The Kier molecular flexibility index (Phi) is 8.13. The molecule has 0 radical (unpaired) electrons. The minimum atomic E-state index is -4.59. The zero-order chi connectivity index (χ0) is 29.4. The quantitative estimate of drug-likeness (QED) is 0.342. The fourth-order valence-corrected chi connectivity index (χ4v) is 4.42. The first-order valence-electron chi connectivity index (χ1n) is 12.2. The molecule has 0 amide bonds. The largest absolute Gasteiger partial charge is 0.466 e. The molecule has 1 aromatic carbocycles. The zero-order valence-corrected chi connectivity index (χ0v) is 23.4. The number of aromatic nitrogens is 4. The highest BCUT2D eigenvalue weighted by atomic mass is 35.5. The normalized spacial score (nSPS) is 14.4. The van der Waals surface area contributed by atoms with Crippen molar-refractivity contribution in [3.8, 4) is 5.88 Å². The summed E-state index contributed by atoms with van der Waals surface area (Å²) >= 11 is 6.06. The van der Waals surface area contributed by atoms with Gasteiger partial charge >= 0.3 is 6.18 Å². The molecule has 1 aliphatic rings. The first kappa shape index (κ1) is 29.3. The lowest BCUT2D eigenvalue weighted by Gasteiger charge is -2.24. The molecule has 0 atom stereocenters. The molecule has 0 bridgehead atoms. The Hall–Kier alpha value is -3.65. The molecule has 3 heterocycles. The maximum atomic E-state index is 14.2. The van der Waals surface area contributed by atoms with Crippen LogP contribution in [0, 0.1) is 5.82 Å². The summed E-state index contributed by atoms with van der Waals surface area (Å²) in [5.41, 5.74) is 7.42. The van der Waals surface area contributed by atoms with Crippen LogP contribution in [-0.4, -0.2) is 78.4 Å². The summed E-state index contributed by atoms with van der Waals surface area (Å²) in [6.07, 6.45) is -3.34. The maximum absolute atomic E-state index is 14.2. The molecule has 0 aliphatic carbocycles. The molecule has 1 aliphatic heterocycles. The van der Waals surface area contributed by atoms with Crippen LogP contribution in [0.2, 0.25) is 5.02 Å². The lowest BCUT2D eigenvalue weighted by molar-refractivity contribution is -0.153. The Morgan fingerprint density at radius 1 is 1.12 bits per heavy atom. The van der Waals surface area contributed by atoms with Gasteiger partial charge < -0.3 is 30.5 Å². The molecule has 0 saturated heterocycles. The standard InChI is InChI=1S/C25H30ClF4N9O/c1-24(2)11-39(19-9-15(26)16(27)8-14(19)24)23-33-13-32-22(36-23)34-18-10-17(31)20(38(5)7-6-37(3)4)35-21(18)40-12-25(28,29)30/h8-10,13H,6-7,11-12,31H2,1-5H3,(H,32,33,34,36). The van der Waals surface area contributed by atoms with E-state index >= 15 is 0 Å². The molecule has 2 aromatic heterocycles. The van der Waals surface area contributed by atoms with Gasteiger partial charge in [0.15, 0.2) is 12.4 Å². The predicted molar refractivity (Wildman–Crippen MR) is 147 cm³/mol. The number of ether oxygens (including phenoxy) is 1. The van der Waals surface area contributed by atoms with Crippen molar-refractivity contribution in [1.82, 2.24) is 24.8 Å². The van der Waals surface area contributed by atoms with E-state index in [9.17, 15) is 17.6 Å². The van der Waals surface area contributed by atoms with Gasteiger partial charge in [0.2, 0.25) is 17.8 Å². The van der Waals surface area contributed by atoms with Crippen LogP contribution in [0.1, 0.15) is 19.4 Å². The van der Waals surface area contributed by atoms with Crippen LogP contribution in [0.4, 0.5) is 52.3 Å². The number of nitrogens with two attached hydrogens (primary N) is 1. The van der Waals surface area contributed by atoms with Crippen molar-refractivity contribution in [2.45, 2.75) is 25.4 Å². The topological polar surface area (TPSA) is 109 Å². The summed E-state index contributed by atoms with van der Waals surface area (Å²) in [6.45, 7) is 3.96. The van der Waals surface area contributed by atoms with Crippen molar-refractivity contribution in [3.63, 3.8) is 0 Å². The van der Waals surface area contributed by atoms with E-state index in [1.807, 2.05) is 32.8 Å². The number of benzene rings is 1. The van der Waals surface area contributed by atoms with Crippen molar-refractivity contribution < 1.29 is 22.3 Å². The number of pyridine rings is 1. The van der Waals surface area contributed by atoms with Crippen molar-refractivity contribution in [2.24, 2.45) is 0 Å². The Balaban J connectivity index is 1.67. The third-order valence-corrected chi connectivity index (χ3v) is 6.56. The van der Waals surface area contributed by atoms with Crippen LogP contribution in [0.15, 0.2) is 24.5 Å². The molecular weight excluding hydrogens is 554 g/mol. The first-order valence-corrected chi connectivity index (χ1v) is 12.6. The van der Waals surface area contributed by atoms with E-state index in [1.54, 1.807) is 16.8 Å². The summed E-state index contributed by atoms with van der Waals surface area (Å²) in [7, 11) is 5.52. The molecule has 15 heteroatoms.